The van der Waals surface area contributed by atoms with E-state index in [0.29, 0.717) is 0 Å². The van der Waals surface area contributed by atoms with Crippen molar-refractivity contribution in [2.75, 3.05) is 5.32 Å². The van der Waals surface area contributed by atoms with Crippen molar-refractivity contribution in [3.05, 3.63) is 53.3 Å². The molecule has 1 amide bonds. The predicted octanol–water partition coefficient (Wildman–Crippen LogP) is 1.63. The van der Waals surface area contributed by atoms with Crippen molar-refractivity contribution in [1.29, 1.82) is 0 Å². The molecule has 1 heterocycles. The van der Waals surface area contributed by atoms with Gasteiger partial charge in [-0.05, 0) is 30.3 Å². The number of carbonyl (C=O) groups is 1. The van der Waals surface area contributed by atoms with E-state index < -0.39 is 15.9 Å². The second-order valence-corrected chi connectivity index (χ2v) is 5.82. The summed E-state index contributed by atoms with van der Waals surface area (Å²) in [5.41, 5.74) is 0.494. The third-order valence-corrected chi connectivity index (χ3v) is 3.64. The van der Waals surface area contributed by atoms with Crippen LogP contribution in [0.3, 0.4) is 0 Å². The van der Waals surface area contributed by atoms with Gasteiger partial charge in [-0.1, -0.05) is 17.7 Å². The number of hydrogen-bond acceptors (Lipinski definition) is 4. The molecule has 0 fully saturated rings. The van der Waals surface area contributed by atoms with E-state index in [1.54, 1.807) is 18.2 Å². The van der Waals surface area contributed by atoms with Crippen molar-refractivity contribution in [2.45, 2.75) is 4.90 Å². The molecule has 8 heteroatoms. The van der Waals surface area contributed by atoms with Crippen LogP contribution in [0.4, 0.5) is 5.69 Å². The maximum absolute atomic E-state index is 11.9. The number of primary sulfonamides is 1. The molecule has 2 aromatic rings. The van der Waals surface area contributed by atoms with Crippen LogP contribution in [-0.4, -0.2) is 19.3 Å². The summed E-state index contributed by atoms with van der Waals surface area (Å²) in [6.07, 6.45) is 1.49. The lowest BCUT2D eigenvalue weighted by Gasteiger charge is -2.08. The third-order valence-electron chi connectivity index (χ3n) is 2.41. The molecule has 0 saturated carbocycles. The number of nitrogens with one attached hydrogen (secondary N) is 1. The number of anilines is 1. The number of pyridine rings is 1. The Bertz CT molecular complexity index is 748. The Balaban J connectivity index is 2.25. The molecule has 0 radical (unpaired) electrons. The highest BCUT2D eigenvalue weighted by molar-refractivity contribution is 7.89. The van der Waals surface area contributed by atoms with E-state index in [9.17, 15) is 13.2 Å². The highest BCUT2D eigenvalue weighted by Gasteiger charge is 2.13. The number of benzene rings is 1. The zero-order chi connectivity index (χ0) is 14.8. The average molecular weight is 312 g/mol. The quantitative estimate of drug-likeness (QED) is 0.899. The van der Waals surface area contributed by atoms with Crippen molar-refractivity contribution in [2.24, 2.45) is 5.14 Å². The molecule has 0 saturated heterocycles. The van der Waals surface area contributed by atoms with Gasteiger partial charge in [0.2, 0.25) is 10.0 Å². The lowest BCUT2D eigenvalue weighted by molar-refractivity contribution is 0.102. The predicted molar refractivity (Wildman–Crippen MR) is 75.0 cm³/mol. The number of amides is 1. The van der Waals surface area contributed by atoms with E-state index in [2.05, 4.69) is 10.3 Å². The first-order chi connectivity index (χ1) is 9.38. The molecule has 3 N–H and O–H groups in total. The lowest BCUT2D eigenvalue weighted by atomic mass is 10.3. The average Bonchev–Trinajstić information content (AvgIpc) is 2.41. The molecule has 0 aliphatic rings. The number of aromatic nitrogens is 1. The molecule has 104 valence electrons. The number of carbonyl (C=O) groups excluding carboxylic acids is 1. The summed E-state index contributed by atoms with van der Waals surface area (Å²) < 4.78 is 22.3. The van der Waals surface area contributed by atoms with Crippen LogP contribution in [0.5, 0.6) is 0 Å². The summed E-state index contributed by atoms with van der Waals surface area (Å²) in [5.74, 6) is -0.448. The van der Waals surface area contributed by atoms with Crippen molar-refractivity contribution in [3.8, 4) is 0 Å². The van der Waals surface area contributed by atoms with Gasteiger partial charge in [0.1, 0.15) is 5.69 Å². The van der Waals surface area contributed by atoms with Gasteiger partial charge in [-0.25, -0.2) is 13.6 Å². The number of rotatable bonds is 3. The van der Waals surface area contributed by atoms with Crippen LogP contribution in [0.1, 0.15) is 10.5 Å². The van der Waals surface area contributed by atoms with Crippen molar-refractivity contribution < 1.29 is 13.2 Å². The van der Waals surface area contributed by atoms with Gasteiger partial charge in [-0.3, -0.25) is 9.78 Å². The fourth-order valence-corrected chi connectivity index (χ4v) is 2.29. The fourth-order valence-electron chi connectivity index (χ4n) is 1.46. The third kappa shape index (κ3) is 3.32. The van der Waals surface area contributed by atoms with Gasteiger partial charge in [0, 0.05) is 6.20 Å². The summed E-state index contributed by atoms with van der Waals surface area (Å²) >= 11 is 5.91. The zero-order valence-electron chi connectivity index (χ0n) is 10.1. The molecule has 0 spiro atoms. The molecule has 0 aliphatic heterocycles. The first kappa shape index (κ1) is 14.4. The highest BCUT2D eigenvalue weighted by atomic mass is 35.5. The number of nitrogens with zero attached hydrogens (tertiary/aromatic N) is 1. The molecule has 0 bridgehead atoms. The largest absolute Gasteiger partial charge is 0.319 e. The van der Waals surface area contributed by atoms with Gasteiger partial charge in [0.15, 0.2) is 0 Å². The summed E-state index contributed by atoms with van der Waals surface area (Å²) in [4.78, 5) is 15.6. The van der Waals surface area contributed by atoms with Crippen LogP contribution in [0, 0.1) is 0 Å². The topological polar surface area (TPSA) is 102 Å². The first-order valence-electron chi connectivity index (χ1n) is 5.42. The van der Waals surface area contributed by atoms with Gasteiger partial charge in [0.05, 0.1) is 15.6 Å². The van der Waals surface area contributed by atoms with Crippen LogP contribution >= 0.6 is 11.6 Å². The number of nitrogens with two attached hydrogens (primary N) is 1. The summed E-state index contributed by atoms with van der Waals surface area (Å²) in [7, 11) is -3.83. The SMILES string of the molecule is NS(=O)(=O)c1ccc(NC(=O)c2ccccn2)c(Cl)c1. The van der Waals surface area contributed by atoms with Crippen molar-refractivity contribution >= 4 is 33.2 Å². The minimum Gasteiger partial charge on any atom is -0.319 e. The number of sulfonamides is 1. The molecule has 0 atom stereocenters. The standard InChI is InChI=1S/C12H10ClN3O3S/c13-9-7-8(20(14,18)19)4-5-10(9)16-12(17)11-3-1-2-6-15-11/h1-7H,(H,16,17)(H2,14,18,19). The molecule has 2 rings (SSSR count). The summed E-state index contributed by atoms with van der Waals surface area (Å²) in [5, 5.41) is 7.59. The van der Waals surface area contributed by atoms with Crippen molar-refractivity contribution in [1.82, 2.24) is 4.98 Å². The lowest BCUT2D eigenvalue weighted by Crippen LogP contribution is -2.15. The highest BCUT2D eigenvalue weighted by Crippen LogP contribution is 2.25. The summed E-state index contributed by atoms with van der Waals surface area (Å²) in [6.45, 7) is 0. The number of hydrogen-bond donors (Lipinski definition) is 2. The molecule has 1 aromatic carbocycles. The smallest absolute Gasteiger partial charge is 0.274 e. The Morgan fingerprint density at radius 2 is 2.00 bits per heavy atom. The minimum absolute atomic E-state index is 0.0702. The zero-order valence-corrected chi connectivity index (χ0v) is 11.6. The molecule has 0 aliphatic carbocycles. The Hall–Kier alpha value is -1.96. The molecule has 20 heavy (non-hydrogen) atoms. The minimum atomic E-state index is -3.83. The molecule has 6 nitrogen and oxygen atoms in total. The van der Waals surface area contributed by atoms with Crippen LogP contribution in [-0.2, 0) is 10.0 Å². The van der Waals surface area contributed by atoms with Gasteiger partial charge in [0.25, 0.3) is 5.91 Å². The monoisotopic (exact) mass is 311 g/mol. The summed E-state index contributed by atoms with van der Waals surface area (Å²) in [6, 6.07) is 8.70. The molecule has 0 unspecified atom stereocenters. The van der Waals surface area contributed by atoms with E-state index in [4.69, 9.17) is 16.7 Å². The fraction of sp³-hybridized carbons (Fsp3) is 0. The van der Waals surface area contributed by atoms with Crippen molar-refractivity contribution in [3.63, 3.8) is 0 Å². The van der Waals surface area contributed by atoms with Crippen LogP contribution in [0.2, 0.25) is 5.02 Å². The van der Waals surface area contributed by atoms with Crippen LogP contribution in [0.15, 0.2) is 47.5 Å². The molecular formula is C12H10ClN3O3S. The maximum atomic E-state index is 11.9. The van der Waals surface area contributed by atoms with E-state index in [-0.39, 0.29) is 21.3 Å². The number of halogens is 1. The van der Waals surface area contributed by atoms with Gasteiger partial charge < -0.3 is 5.32 Å². The van der Waals surface area contributed by atoms with E-state index in [1.807, 2.05) is 0 Å². The second-order valence-electron chi connectivity index (χ2n) is 3.86. The van der Waals surface area contributed by atoms with Gasteiger partial charge in [-0.2, -0.15) is 0 Å². The Morgan fingerprint density at radius 1 is 1.25 bits per heavy atom. The Labute approximate surface area is 120 Å². The van der Waals surface area contributed by atoms with Gasteiger partial charge in [-0.15, -0.1) is 0 Å². The Kier molecular flexibility index (Phi) is 4.03. The first-order valence-corrected chi connectivity index (χ1v) is 7.35. The van der Waals surface area contributed by atoms with Crippen LogP contribution in [0.25, 0.3) is 0 Å². The molecule has 1 aromatic heterocycles. The normalized spacial score (nSPS) is 11.1. The van der Waals surface area contributed by atoms with E-state index in [0.717, 1.165) is 0 Å². The van der Waals surface area contributed by atoms with Crippen LogP contribution < -0.4 is 10.5 Å². The Morgan fingerprint density at radius 3 is 2.55 bits per heavy atom. The van der Waals surface area contributed by atoms with E-state index >= 15 is 0 Å². The van der Waals surface area contributed by atoms with E-state index in [1.165, 1.54) is 24.4 Å². The maximum Gasteiger partial charge on any atom is 0.274 e. The molecular weight excluding hydrogens is 302 g/mol. The second kappa shape index (κ2) is 5.58. The van der Waals surface area contributed by atoms with Gasteiger partial charge >= 0.3 is 0 Å².